The first kappa shape index (κ1) is 8.74. The van der Waals surface area contributed by atoms with Crippen molar-refractivity contribution in [3.63, 3.8) is 0 Å². The molecule has 0 saturated heterocycles. The molecule has 14 heavy (non-hydrogen) atoms. The monoisotopic (exact) mass is 190 g/mol. The van der Waals surface area contributed by atoms with Crippen molar-refractivity contribution in [3.8, 4) is 0 Å². The van der Waals surface area contributed by atoms with Crippen LogP contribution in [0.5, 0.6) is 0 Å². The molecule has 2 aromatic rings. The minimum Gasteiger partial charge on any atom is -0.465 e. The minimum atomic E-state index is -0.327. The number of esters is 1. The lowest BCUT2D eigenvalue weighted by atomic mass is 10.2. The van der Waals surface area contributed by atoms with Crippen LogP contribution in [0.3, 0.4) is 0 Å². The van der Waals surface area contributed by atoms with Crippen molar-refractivity contribution in [2.24, 2.45) is 0 Å². The molecule has 0 radical (unpaired) electrons. The average Bonchev–Trinajstić information content (AvgIpc) is 2.55. The van der Waals surface area contributed by atoms with E-state index in [4.69, 9.17) is 0 Å². The van der Waals surface area contributed by atoms with Gasteiger partial charge in [-0.2, -0.15) is 5.10 Å². The van der Waals surface area contributed by atoms with Gasteiger partial charge in [0.15, 0.2) is 0 Å². The number of nitrogens with zero attached hydrogens (tertiary/aromatic N) is 2. The number of pyridine rings is 1. The van der Waals surface area contributed by atoms with Crippen molar-refractivity contribution >= 4 is 11.5 Å². The normalized spacial score (nSPS) is 10.4. The second kappa shape index (κ2) is 3.14. The Morgan fingerprint density at radius 3 is 3.00 bits per heavy atom. The van der Waals surface area contributed by atoms with E-state index in [-0.39, 0.29) is 5.97 Å². The van der Waals surface area contributed by atoms with Gasteiger partial charge in [-0.05, 0) is 25.1 Å². The number of ether oxygens (including phenoxy) is 1. The van der Waals surface area contributed by atoms with E-state index in [1.165, 1.54) is 7.11 Å². The van der Waals surface area contributed by atoms with Gasteiger partial charge in [-0.25, -0.2) is 9.31 Å². The van der Waals surface area contributed by atoms with Gasteiger partial charge < -0.3 is 4.74 Å². The fourth-order valence-electron chi connectivity index (χ4n) is 1.37. The summed E-state index contributed by atoms with van der Waals surface area (Å²) in [6.07, 6.45) is 1.74. The van der Waals surface area contributed by atoms with Gasteiger partial charge >= 0.3 is 5.97 Å². The van der Waals surface area contributed by atoms with Crippen LogP contribution in [0, 0.1) is 6.92 Å². The van der Waals surface area contributed by atoms with Crippen LogP contribution in [0.4, 0.5) is 0 Å². The van der Waals surface area contributed by atoms with Gasteiger partial charge in [0.05, 0.1) is 23.9 Å². The second-order valence-electron chi connectivity index (χ2n) is 3.06. The van der Waals surface area contributed by atoms with Gasteiger partial charge in [-0.3, -0.25) is 0 Å². The summed E-state index contributed by atoms with van der Waals surface area (Å²) in [5, 5.41) is 4.20. The summed E-state index contributed by atoms with van der Waals surface area (Å²) in [7, 11) is 1.37. The zero-order valence-corrected chi connectivity index (χ0v) is 8.02. The molecule has 0 amide bonds. The highest BCUT2D eigenvalue weighted by Crippen LogP contribution is 2.09. The fourth-order valence-corrected chi connectivity index (χ4v) is 1.37. The lowest BCUT2D eigenvalue weighted by Gasteiger charge is -1.98. The van der Waals surface area contributed by atoms with Crippen molar-refractivity contribution in [3.05, 3.63) is 35.7 Å². The van der Waals surface area contributed by atoms with E-state index < -0.39 is 0 Å². The third-order valence-corrected chi connectivity index (χ3v) is 2.01. The standard InChI is InChI=1S/C10H10N2O2/c1-7-5-9-6-8(10(13)14-2)3-4-12(9)11-7/h3-6H,1-2H3. The minimum absolute atomic E-state index is 0.327. The molecule has 0 atom stereocenters. The topological polar surface area (TPSA) is 43.6 Å². The summed E-state index contributed by atoms with van der Waals surface area (Å²) < 4.78 is 6.35. The fraction of sp³-hybridized carbons (Fsp3) is 0.200. The first-order valence-corrected chi connectivity index (χ1v) is 4.25. The summed E-state index contributed by atoms with van der Waals surface area (Å²) in [6, 6.07) is 5.35. The maximum Gasteiger partial charge on any atom is 0.337 e. The third-order valence-electron chi connectivity index (χ3n) is 2.01. The quantitative estimate of drug-likeness (QED) is 0.639. The molecular weight excluding hydrogens is 180 g/mol. The Balaban J connectivity index is 2.55. The molecular formula is C10H10N2O2. The molecule has 0 N–H and O–H groups in total. The van der Waals surface area contributed by atoms with E-state index in [0.717, 1.165) is 11.2 Å². The number of aryl methyl sites for hydroxylation is 1. The predicted molar refractivity (Wildman–Crippen MR) is 51.3 cm³/mol. The zero-order chi connectivity index (χ0) is 10.1. The average molecular weight is 190 g/mol. The van der Waals surface area contributed by atoms with E-state index in [1.807, 2.05) is 13.0 Å². The Bertz CT molecular complexity index is 488. The smallest absolute Gasteiger partial charge is 0.337 e. The van der Waals surface area contributed by atoms with Crippen LogP contribution in [0.2, 0.25) is 0 Å². The Labute approximate surface area is 81.1 Å². The van der Waals surface area contributed by atoms with Gasteiger partial charge in [-0.15, -0.1) is 0 Å². The predicted octanol–water partition coefficient (Wildman–Crippen LogP) is 1.43. The molecule has 0 fully saturated rings. The van der Waals surface area contributed by atoms with Crippen LogP contribution in [-0.2, 0) is 4.74 Å². The number of hydrogen-bond acceptors (Lipinski definition) is 3. The highest BCUT2D eigenvalue weighted by atomic mass is 16.5. The van der Waals surface area contributed by atoms with E-state index in [9.17, 15) is 4.79 Å². The summed E-state index contributed by atoms with van der Waals surface area (Å²) in [5.41, 5.74) is 2.36. The van der Waals surface area contributed by atoms with Gasteiger partial charge in [0, 0.05) is 6.20 Å². The van der Waals surface area contributed by atoms with Gasteiger partial charge in [-0.1, -0.05) is 0 Å². The van der Waals surface area contributed by atoms with Crippen molar-refractivity contribution in [1.82, 2.24) is 9.61 Å². The lowest BCUT2D eigenvalue weighted by molar-refractivity contribution is 0.0600. The van der Waals surface area contributed by atoms with Gasteiger partial charge in [0.1, 0.15) is 0 Å². The first-order valence-electron chi connectivity index (χ1n) is 4.25. The number of hydrogen-bond donors (Lipinski definition) is 0. The van der Waals surface area contributed by atoms with Crippen LogP contribution in [0.1, 0.15) is 16.1 Å². The molecule has 0 aliphatic rings. The summed E-state index contributed by atoms with van der Waals surface area (Å²) in [5.74, 6) is -0.327. The Hall–Kier alpha value is -1.84. The first-order chi connectivity index (χ1) is 6.70. The van der Waals surface area contributed by atoms with E-state index in [0.29, 0.717) is 5.56 Å². The Morgan fingerprint density at radius 1 is 1.50 bits per heavy atom. The summed E-state index contributed by atoms with van der Waals surface area (Å²) in [6.45, 7) is 1.91. The Morgan fingerprint density at radius 2 is 2.29 bits per heavy atom. The van der Waals surface area contributed by atoms with E-state index in [1.54, 1.807) is 22.8 Å². The van der Waals surface area contributed by atoms with Crippen LogP contribution < -0.4 is 0 Å². The molecule has 0 bridgehead atoms. The molecule has 0 spiro atoms. The number of rotatable bonds is 1. The summed E-state index contributed by atoms with van der Waals surface area (Å²) >= 11 is 0. The molecule has 0 unspecified atom stereocenters. The number of fused-ring (bicyclic) bond motifs is 1. The van der Waals surface area contributed by atoms with E-state index >= 15 is 0 Å². The van der Waals surface area contributed by atoms with Crippen molar-refractivity contribution in [2.75, 3.05) is 7.11 Å². The highest BCUT2D eigenvalue weighted by Gasteiger charge is 2.06. The maximum absolute atomic E-state index is 11.2. The largest absolute Gasteiger partial charge is 0.465 e. The zero-order valence-electron chi connectivity index (χ0n) is 8.02. The SMILES string of the molecule is COC(=O)c1ccn2nc(C)cc2c1. The number of aromatic nitrogens is 2. The van der Waals surface area contributed by atoms with Crippen LogP contribution in [-0.4, -0.2) is 22.7 Å². The number of methoxy groups -OCH3 is 1. The summed E-state index contributed by atoms with van der Waals surface area (Å²) in [4.78, 5) is 11.2. The van der Waals surface area contributed by atoms with E-state index in [2.05, 4.69) is 9.84 Å². The molecule has 0 aliphatic heterocycles. The molecule has 0 aliphatic carbocycles. The molecule has 2 rings (SSSR count). The van der Waals surface area contributed by atoms with Crippen molar-refractivity contribution < 1.29 is 9.53 Å². The van der Waals surface area contributed by atoms with Crippen molar-refractivity contribution in [1.29, 1.82) is 0 Å². The third kappa shape index (κ3) is 1.35. The molecule has 72 valence electrons. The van der Waals surface area contributed by atoms with Crippen molar-refractivity contribution in [2.45, 2.75) is 6.92 Å². The molecule has 0 aromatic carbocycles. The molecule has 2 aromatic heterocycles. The van der Waals surface area contributed by atoms with Crippen LogP contribution >= 0.6 is 0 Å². The molecule has 4 heteroatoms. The maximum atomic E-state index is 11.2. The Kier molecular flexibility index (Phi) is 1.96. The molecule has 0 saturated carbocycles. The number of carbonyl (C=O) groups is 1. The van der Waals surface area contributed by atoms with Gasteiger partial charge in [0.25, 0.3) is 0 Å². The molecule has 4 nitrogen and oxygen atoms in total. The van der Waals surface area contributed by atoms with Crippen LogP contribution in [0.15, 0.2) is 24.4 Å². The number of carbonyl (C=O) groups excluding carboxylic acids is 1. The highest BCUT2D eigenvalue weighted by molar-refractivity contribution is 5.90. The lowest BCUT2D eigenvalue weighted by Crippen LogP contribution is -2.01. The molecule has 2 heterocycles. The van der Waals surface area contributed by atoms with Gasteiger partial charge in [0.2, 0.25) is 0 Å². The van der Waals surface area contributed by atoms with Crippen LogP contribution in [0.25, 0.3) is 5.52 Å². The second-order valence-corrected chi connectivity index (χ2v) is 3.06.